The molecule has 1 atom stereocenters. The van der Waals surface area contributed by atoms with Gasteiger partial charge in [-0.05, 0) is 43.5 Å². The maximum atomic E-state index is 14.5. The number of benzene rings is 1. The molecule has 4 nitrogen and oxygen atoms in total. The SMILES string of the molecule is C[C@@H]1CCCc2nc3c(F)cc(-c4nc(Cl)ncc4F)cc3n21. The molecule has 3 heterocycles. The van der Waals surface area contributed by atoms with E-state index in [4.69, 9.17) is 11.6 Å². The molecule has 1 aromatic carbocycles. The number of hydrogen-bond donors (Lipinski definition) is 0. The highest BCUT2D eigenvalue weighted by atomic mass is 35.5. The van der Waals surface area contributed by atoms with Crippen LogP contribution >= 0.6 is 11.6 Å². The number of nitrogens with zero attached hydrogens (tertiary/aromatic N) is 4. The van der Waals surface area contributed by atoms with Gasteiger partial charge in [-0.15, -0.1) is 0 Å². The Morgan fingerprint density at radius 2 is 2.04 bits per heavy atom. The van der Waals surface area contributed by atoms with Crippen molar-refractivity contribution in [1.82, 2.24) is 19.5 Å². The Morgan fingerprint density at radius 3 is 2.87 bits per heavy atom. The minimum absolute atomic E-state index is 0.00943. The quantitative estimate of drug-likeness (QED) is 0.622. The smallest absolute Gasteiger partial charge is 0.223 e. The maximum Gasteiger partial charge on any atom is 0.223 e. The van der Waals surface area contributed by atoms with Crippen LogP contribution in [-0.2, 0) is 6.42 Å². The lowest BCUT2D eigenvalue weighted by molar-refractivity contribution is 0.436. The van der Waals surface area contributed by atoms with Crippen molar-refractivity contribution >= 4 is 22.6 Å². The Hall–Kier alpha value is -2.08. The monoisotopic (exact) mass is 334 g/mol. The average Bonchev–Trinajstić information content (AvgIpc) is 2.90. The van der Waals surface area contributed by atoms with E-state index in [1.54, 1.807) is 6.07 Å². The van der Waals surface area contributed by atoms with E-state index < -0.39 is 11.6 Å². The summed E-state index contributed by atoms with van der Waals surface area (Å²) in [6.45, 7) is 2.08. The predicted molar refractivity (Wildman–Crippen MR) is 83.3 cm³/mol. The summed E-state index contributed by atoms with van der Waals surface area (Å²) in [5.41, 5.74) is 1.30. The first-order valence-electron chi connectivity index (χ1n) is 7.43. The highest BCUT2D eigenvalue weighted by molar-refractivity contribution is 6.28. The number of fused-ring (bicyclic) bond motifs is 3. The molecule has 1 aliphatic rings. The summed E-state index contributed by atoms with van der Waals surface area (Å²) in [6.07, 6.45) is 3.86. The van der Waals surface area contributed by atoms with Gasteiger partial charge in [0, 0.05) is 18.0 Å². The van der Waals surface area contributed by atoms with E-state index in [0.29, 0.717) is 16.6 Å². The summed E-state index contributed by atoms with van der Waals surface area (Å²) >= 11 is 5.74. The molecule has 1 aliphatic heterocycles. The van der Waals surface area contributed by atoms with Crippen LogP contribution in [0.25, 0.3) is 22.3 Å². The van der Waals surface area contributed by atoms with Crippen molar-refractivity contribution in [3.63, 3.8) is 0 Å². The number of aromatic nitrogens is 4. The highest BCUT2D eigenvalue weighted by Gasteiger charge is 2.23. The minimum atomic E-state index is -0.639. The van der Waals surface area contributed by atoms with Crippen molar-refractivity contribution in [2.45, 2.75) is 32.2 Å². The fourth-order valence-electron chi connectivity index (χ4n) is 3.24. The van der Waals surface area contributed by atoms with Gasteiger partial charge in [-0.3, -0.25) is 0 Å². The van der Waals surface area contributed by atoms with Gasteiger partial charge in [-0.1, -0.05) is 0 Å². The zero-order valence-corrected chi connectivity index (χ0v) is 13.1. The van der Waals surface area contributed by atoms with Gasteiger partial charge in [0.05, 0.1) is 11.7 Å². The molecular formula is C16H13ClF2N4. The number of hydrogen-bond acceptors (Lipinski definition) is 3. The molecule has 0 spiro atoms. The molecular weight excluding hydrogens is 322 g/mol. The molecule has 23 heavy (non-hydrogen) atoms. The first-order chi connectivity index (χ1) is 11.0. The Kier molecular flexibility index (Phi) is 3.30. The fraction of sp³-hybridized carbons (Fsp3) is 0.312. The van der Waals surface area contributed by atoms with Crippen molar-refractivity contribution in [2.75, 3.05) is 0 Å². The summed E-state index contributed by atoms with van der Waals surface area (Å²) < 4.78 is 30.5. The number of aryl methyl sites for hydroxylation is 1. The fourth-order valence-corrected chi connectivity index (χ4v) is 3.37. The Labute approximate surface area is 136 Å². The van der Waals surface area contributed by atoms with E-state index in [-0.39, 0.29) is 17.0 Å². The first kappa shape index (κ1) is 14.5. The zero-order valence-electron chi connectivity index (χ0n) is 12.4. The van der Waals surface area contributed by atoms with Gasteiger partial charge in [-0.25, -0.2) is 23.7 Å². The minimum Gasteiger partial charge on any atom is -0.325 e. The third-order valence-electron chi connectivity index (χ3n) is 4.27. The predicted octanol–water partition coefficient (Wildman–Crippen LogP) is 4.32. The van der Waals surface area contributed by atoms with Gasteiger partial charge in [0.1, 0.15) is 17.0 Å². The standard InChI is InChI=1S/C16H13ClF2N4/c1-8-3-2-4-13-21-15-10(18)5-9(6-12(15)23(8)13)14-11(19)7-20-16(17)22-14/h5-8H,2-4H2,1H3/t8-/m1/s1. The van der Waals surface area contributed by atoms with E-state index in [2.05, 4.69) is 21.9 Å². The average molecular weight is 335 g/mol. The molecule has 0 bridgehead atoms. The van der Waals surface area contributed by atoms with Gasteiger partial charge in [-0.2, -0.15) is 0 Å². The molecule has 4 rings (SSSR count). The van der Waals surface area contributed by atoms with Crippen LogP contribution in [0.15, 0.2) is 18.3 Å². The molecule has 7 heteroatoms. The Bertz CT molecular complexity index is 922. The normalized spacial score (nSPS) is 17.5. The lowest BCUT2D eigenvalue weighted by Crippen LogP contribution is -2.14. The van der Waals surface area contributed by atoms with Crippen LogP contribution in [0.2, 0.25) is 5.28 Å². The van der Waals surface area contributed by atoms with Gasteiger partial charge < -0.3 is 4.57 Å². The lowest BCUT2D eigenvalue weighted by atomic mass is 10.1. The molecule has 0 N–H and O–H groups in total. The van der Waals surface area contributed by atoms with Gasteiger partial charge in [0.25, 0.3) is 0 Å². The summed E-state index contributed by atoms with van der Waals surface area (Å²) in [6, 6.07) is 3.20. The highest BCUT2D eigenvalue weighted by Crippen LogP contribution is 2.33. The van der Waals surface area contributed by atoms with Gasteiger partial charge >= 0.3 is 0 Å². The summed E-state index contributed by atoms with van der Waals surface area (Å²) in [5.74, 6) is -0.253. The molecule has 0 amide bonds. The number of halogens is 3. The van der Waals surface area contributed by atoms with E-state index >= 15 is 0 Å². The second kappa shape index (κ2) is 5.23. The van der Waals surface area contributed by atoms with Gasteiger partial charge in [0.15, 0.2) is 11.6 Å². The van der Waals surface area contributed by atoms with E-state index in [1.807, 2.05) is 4.57 Å². The van der Waals surface area contributed by atoms with Crippen LogP contribution in [0.3, 0.4) is 0 Å². The van der Waals surface area contributed by atoms with Crippen LogP contribution in [0.4, 0.5) is 8.78 Å². The second-order valence-corrected chi connectivity index (χ2v) is 6.14. The summed E-state index contributed by atoms with van der Waals surface area (Å²) in [4.78, 5) is 11.9. The Morgan fingerprint density at radius 1 is 1.22 bits per heavy atom. The summed E-state index contributed by atoms with van der Waals surface area (Å²) in [5, 5.41) is -0.0782. The van der Waals surface area contributed by atoms with Crippen molar-refractivity contribution in [1.29, 1.82) is 0 Å². The van der Waals surface area contributed by atoms with Crippen LogP contribution in [-0.4, -0.2) is 19.5 Å². The van der Waals surface area contributed by atoms with Crippen LogP contribution < -0.4 is 0 Å². The van der Waals surface area contributed by atoms with Gasteiger partial charge in [0.2, 0.25) is 5.28 Å². The molecule has 0 radical (unpaired) electrons. The van der Waals surface area contributed by atoms with Crippen molar-refractivity contribution < 1.29 is 8.78 Å². The number of imidazole rings is 1. The number of rotatable bonds is 1. The maximum absolute atomic E-state index is 14.5. The molecule has 0 saturated heterocycles. The van der Waals surface area contributed by atoms with Crippen molar-refractivity contribution in [3.8, 4) is 11.3 Å². The molecule has 118 valence electrons. The lowest BCUT2D eigenvalue weighted by Gasteiger charge is -2.22. The van der Waals surface area contributed by atoms with Crippen LogP contribution in [0.5, 0.6) is 0 Å². The van der Waals surface area contributed by atoms with Crippen molar-refractivity contribution in [2.24, 2.45) is 0 Å². The molecule has 0 unspecified atom stereocenters. The van der Waals surface area contributed by atoms with E-state index in [1.165, 1.54) is 6.07 Å². The Balaban J connectivity index is 1.99. The van der Waals surface area contributed by atoms with Crippen LogP contribution in [0, 0.1) is 11.6 Å². The topological polar surface area (TPSA) is 43.6 Å². The third-order valence-corrected chi connectivity index (χ3v) is 4.46. The summed E-state index contributed by atoms with van der Waals surface area (Å²) in [7, 11) is 0. The molecule has 0 saturated carbocycles. The van der Waals surface area contributed by atoms with Crippen LogP contribution in [0.1, 0.15) is 31.6 Å². The van der Waals surface area contributed by atoms with Crippen molar-refractivity contribution in [3.05, 3.63) is 41.1 Å². The second-order valence-electron chi connectivity index (χ2n) is 5.80. The molecule has 0 aliphatic carbocycles. The third kappa shape index (κ3) is 2.28. The first-order valence-corrected chi connectivity index (χ1v) is 7.81. The molecule has 0 fully saturated rings. The zero-order chi connectivity index (χ0) is 16.1. The van der Waals surface area contributed by atoms with E-state index in [0.717, 1.165) is 31.3 Å². The molecule has 3 aromatic rings. The molecule has 2 aromatic heterocycles. The van der Waals surface area contributed by atoms with E-state index in [9.17, 15) is 8.78 Å². The largest absolute Gasteiger partial charge is 0.325 e.